The minimum absolute atomic E-state index is 0.616. The highest BCUT2D eigenvalue weighted by Gasteiger charge is 2.25. The summed E-state index contributed by atoms with van der Waals surface area (Å²) in [5, 5.41) is 3.52. The molecule has 1 heterocycles. The first kappa shape index (κ1) is 16.9. The smallest absolute Gasteiger partial charge is 0.0223 e. The normalized spacial score (nSPS) is 24.6. The van der Waals surface area contributed by atoms with Gasteiger partial charge in [-0.1, -0.05) is 20.8 Å². The lowest BCUT2D eigenvalue weighted by Gasteiger charge is -2.35. The molecule has 3 nitrogen and oxygen atoms in total. The highest BCUT2D eigenvalue weighted by Crippen LogP contribution is 2.17. The monoisotopic (exact) mass is 269 g/mol. The van der Waals surface area contributed by atoms with Crippen molar-refractivity contribution in [3.8, 4) is 0 Å². The molecule has 0 saturated carbocycles. The first-order chi connectivity index (χ1) is 9.04. The third-order valence-corrected chi connectivity index (χ3v) is 4.34. The van der Waals surface area contributed by atoms with Crippen LogP contribution in [-0.4, -0.2) is 61.2 Å². The van der Waals surface area contributed by atoms with Gasteiger partial charge in [0.15, 0.2) is 0 Å². The molecule has 1 saturated heterocycles. The van der Waals surface area contributed by atoms with E-state index in [0.717, 1.165) is 18.6 Å². The van der Waals surface area contributed by atoms with Crippen LogP contribution in [0.15, 0.2) is 0 Å². The lowest BCUT2D eigenvalue weighted by atomic mass is 10.1. The molecule has 2 atom stereocenters. The van der Waals surface area contributed by atoms with E-state index in [0.29, 0.717) is 6.04 Å². The molecule has 1 N–H and O–H groups in total. The van der Waals surface area contributed by atoms with Crippen LogP contribution >= 0.6 is 0 Å². The molecule has 0 aromatic carbocycles. The fourth-order valence-electron chi connectivity index (χ4n) is 3.16. The first-order valence-electron chi connectivity index (χ1n) is 8.22. The van der Waals surface area contributed by atoms with Crippen LogP contribution < -0.4 is 5.32 Å². The summed E-state index contributed by atoms with van der Waals surface area (Å²) in [7, 11) is 2.27. The Kier molecular flexibility index (Phi) is 7.96. The maximum absolute atomic E-state index is 3.52. The second kappa shape index (κ2) is 8.93. The molecule has 0 aliphatic carbocycles. The van der Waals surface area contributed by atoms with E-state index in [-0.39, 0.29) is 0 Å². The van der Waals surface area contributed by atoms with E-state index < -0.39 is 0 Å². The zero-order valence-corrected chi connectivity index (χ0v) is 13.8. The van der Waals surface area contributed by atoms with Crippen LogP contribution in [0.25, 0.3) is 0 Å². The summed E-state index contributed by atoms with van der Waals surface area (Å²) in [6, 6.07) is 2.09. The van der Waals surface area contributed by atoms with Gasteiger partial charge in [-0.25, -0.2) is 0 Å². The summed E-state index contributed by atoms with van der Waals surface area (Å²) in [6.07, 6.45) is 5.21. The van der Waals surface area contributed by atoms with Gasteiger partial charge in [0.1, 0.15) is 0 Å². The molecule has 2 unspecified atom stereocenters. The minimum atomic E-state index is 0.616. The Hall–Kier alpha value is -0.120. The predicted molar refractivity (Wildman–Crippen MR) is 84.7 cm³/mol. The van der Waals surface area contributed by atoms with Gasteiger partial charge in [0.25, 0.3) is 0 Å². The van der Waals surface area contributed by atoms with Crippen molar-refractivity contribution in [3.63, 3.8) is 0 Å². The van der Waals surface area contributed by atoms with Crippen LogP contribution in [0.3, 0.4) is 0 Å². The van der Waals surface area contributed by atoms with Gasteiger partial charge in [0.05, 0.1) is 0 Å². The van der Waals surface area contributed by atoms with Crippen LogP contribution in [0, 0.1) is 0 Å². The van der Waals surface area contributed by atoms with Gasteiger partial charge in [-0.05, 0) is 59.3 Å². The maximum atomic E-state index is 3.52. The summed E-state index contributed by atoms with van der Waals surface area (Å²) < 4.78 is 0. The largest absolute Gasteiger partial charge is 0.315 e. The molecule has 1 aliphatic rings. The van der Waals surface area contributed by atoms with E-state index in [1.165, 1.54) is 45.3 Å². The Morgan fingerprint density at radius 2 is 1.95 bits per heavy atom. The molecular weight excluding hydrogens is 234 g/mol. The van der Waals surface area contributed by atoms with Crippen LogP contribution in [0.5, 0.6) is 0 Å². The number of nitrogens with one attached hydrogen (secondary N) is 1. The molecule has 1 fully saturated rings. The quantitative estimate of drug-likeness (QED) is 0.717. The van der Waals surface area contributed by atoms with Gasteiger partial charge in [-0.3, -0.25) is 4.90 Å². The van der Waals surface area contributed by atoms with Crippen molar-refractivity contribution in [2.75, 3.05) is 33.2 Å². The van der Waals surface area contributed by atoms with Gasteiger partial charge < -0.3 is 10.2 Å². The van der Waals surface area contributed by atoms with E-state index in [1.807, 2.05) is 0 Å². The van der Waals surface area contributed by atoms with Crippen molar-refractivity contribution in [3.05, 3.63) is 0 Å². The topological polar surface area (TPSA) is 18.5 Å². The second-order valence-corrected chi connectivity index (χ2v) is 6.52. The number of nitrogens with zero attached hydrogens (tertiary/aromatic N) is 2. The van der Waals surface area contributed by atoms with E-state index in [1.54, 1.807) is 0 Å². The number of likely N-dealkylation sites (N-methyl/N-ethyl adjacent to an activating group) is 1. The Morgan fingerprint density at radius 3 is 2.58 bits per heavy atom. The molecular formula is C16H35N3. The maximum Gasteiger partial charge on any atom is 0.0223 e. The van der Waals surface area contributed by atoms with Crippen molar-refractivity contribution in [2.45, 2.75) is 71.5 Å². The van der Waals surface area contributed by atoms with Crippen LogP contribution in [0.4, 0.5) is 0 Å². The van der Waals surface area contributed by atoms with E-state index in [9.17, 15) is 0 Å². The van der Waals surface area contributed by atoms with Crippen LogP contribution in [0.1, 0.15) is 53.4 Å². The molecule has 0 amide bonds. The molecule has 19 heavy (non-hydrogen) atoms. The van der Waals surface area contributed by atoms with Gasteiger partial charge in [-0.15, -0.1) is 0 Å². The standard InChI is InChI=1S/C16H35N3/c1-6-16-13-18(5)11-8-12-19(16)15(4)9-7-10-17-14(2)3/h14-17H,6-13H2,1-5H3. The van der Waals surface area contributed by atoms with Crippen molar-refractivity contribution in [1.29, 1.82) is 0 Å². The highest BCUT2D eigenvalue weighted by atomic mass is 15.2. The second-order valence-electron chi connectivity index (χ2n) is 6.52. The molecule has 3 heteroatoms. The average molecular weight is 269 g/mol. The van der Waals surface area contributed by atoms with Gasteiger partial charge in [-0.2, -0.15) is 0 Å². The van der Waals surface area contributed by atoms with Crippen LogP contribution in [0.2, 0.25) is 0 Å². The molecule has 0 spiro atoms. The third kappa shape index (κ3) is 6.24. The fraction of sp³-hybridized carbons (Fsp3) is 1.00. The van der Waals surface area contributed by atoms with Crippen molar-refractivity contribution in [2.24, 2.45) is 0 Å². The molecule has 114 valence electrons. The Labute approximate surface area is 120 Å². The zero-order chi connectivity index (χ0) is 14.3. The van der Waals surface area contributed by atoms with E-state index in [4.69, 9.17) is 0 Å². The number of rotatable bonds is 7. The molecule has 0 radical (unpaired) electrons. The lowest BCUT2D eigenvalue weighted by molar-refractivity contribution is 0.129. The number of hydrogen-bond donors (Lipinski definition) is 1. The highest BCUT2D eigenvalue weighted by molar-refractivity contribution is 4.81. The fourth-order valence-corrected chi connectivity index (χ4v) is 3.16. The summed E-state index contributed by atoms with van der Waals surface area (Å²) in [5.41, 5.74) is 0. The SMILES string of the molecule is CCC1CN(C)CCCN1C(C)CCCNC(C)C. The zero-order valence-electron chi connectivity index (χ0n) is 13.8. The summed E-state index contributed by atoms with van der Waals surface area (Å²) in [5.74, 6) is 0. The van der Waals surface area contributed by atoms with Crippen LogP contribution in [-0.2, 0) is 0 Å². The first-order valence-corrected chi connectivity index (χ1v) is 8.22. The molecule has 0 aromatic rings. The molecule has 1 aliphatic heterocycles. The molecule has 0 aromatic heterocycles. The van der Waals surface area contributed by atoms with E-state index in [2.05, 4.69) is 49.9 Å². The average Bonchev–Trinajstić information content (AvgIpc) is 2.55. The number of hydrogen-bond acceptors (Lipinski definition) is 3. The lowest BCUT2D eigenvalue weighted by Crippen LogP contribution is -2.45. The predicted octanol–water partition coefficient (Wildman–Crippen LogP) is 2.57. The Bertz CT molecular complexity index is 230. The van der Waals surface area contributed by atoms with Crippen molar-refractivity contribution < 1.29 is 0 Å². The molecule has 1 rings (SSSR count). The Balaban J connectivity index is 2.37. The van der Waals surface area contributed by atoms with Gasteiger partial charge in [0, 0.05) is 24.7 Å². The summed E-state index contributed by atoms with van der Waals surface area (Å²) in [4.78, 5) is 5.26. The summed E-state index contributed by atoms with van der Waals surface area (Å²) in [6.45, 7) is 14.1. The van der Waals surface area contributed by atoms with Crippen molar-refractivity contribution in [1.82, 2.24) is 15.1 Å². The Morgan fingerprint density at radius 1 is 1.21 bits per heavy atom. The molecule has 0 bridgehead atoms. The van der Waals surface area contributed by atoms with Crippen molar-refractivity contribution >= 4 is 0 Å². The minimum Gasteiger partial charge on any atom is -0.315 e. The summed E-state index contributed by atoms with van der Waals surface area (Å²) >= 11 is 0. The van der Waals surface area contributed by atoms with Gasteiger partial charge >= 0.3 is 0 Å². The van der Waals surface area contributed by atoms with Gasteiger partial charge in [0.2, 0.25) is 0 Å². The van der Waals surface area contributed by atoms with E-state index >= 15 is 0 Å². The third-order valence-electron chi connectivity index (χ3n) is 4.34.